The van der Waals surface area contributed by atoms with Crippen LogP contribution in [0.1, 0.15) is 0 Å². The average Bonchev–Trinajstić information content (AvgIpc) is 2.88. The number of rotatable bonds is 13. The third-order valence-corrected chi connectivity index (χ3v) is 6.41. The molecular formula is C18H34O19S. The summed E-state index contributed by atoms with van der Waals surface area (Å²) in [4.78, 5) is 0. The van der Waals surface area contributed by atoms with Crippen molar-refractivity contribution in [3.8, 4) is 0 Å². The van der Waals surface area contributed by atoms with Gasteiger partial charge in [-0.05, 0) is 0 Å². The highest BCUT2D eigenvalue weighted by molar-refractivity contribution is 7.80. The van der Waals surface area contributed by atoms with Gasteiger partial charge in [-0.1, -0.05) is 0 Å². The predicted molar refractivity (Wildman–Crippen MR) is 114 cm³/mol. The van der Waals surface area contributed by atoms with E-state index in [-0.39, 0.29) is 0 Å². The van der Waals surface area contributed by atoms with Gasteiger partial charge in [0, 0.05) is 0 Å². The number of hydrogen-bond donors (Lipinski definition) is 12. The summed E-state index contributed by atoms with van der Waals surface area (Å²) in [5.41, 5.74) is 0. The fourth-order valence-electron chi connectivity index (χ4n) is 3.89. The van der Waals surface area contributed by atoms with Crippen molar-refractivity contribution in [3.63, 3.8) is 0 Å². The van der Waals surface area contributed by atoms with E-state index >= 15 is 0 Å². The Bertz CT molecular complexity index is 814. The maximum atomic E-state index is 11.1. The SMILES string of the molecule is O=S(=O)(O)O[C@H]1[C@@H](O)[C@@H](CO)O[C@@H](O[C@@H]2[C@H](O)[C@@H](O)[C@H](O[C@@H]([C@H](O)[C@@H](O)CO)[C@H](O)CO)O[C@@H]2CO)[C@@H]1O. The van der Waals surface area contributed by atoms with Crippen LogP contribution in [0, 0.1) is 0 Å². The Labute approximate surface area is 215 Å². The molecule has 0 spiro atoms. The van der Waals surface area contributed by atoms with Gasteiger partial charge in [0.15, 0.2) is 12.6 Å². The van der Waals surface area contributed by atoms with Crippen LogP contribution in [-0.2, 0) is 33.5 Å². The molecule has 14 atom stereocenters. The third kappa shape index (κ3) is 7.93. The summed E-state index contributed by atoms with van der Waals surface area (Å²) in [6.07, 6.45) is -27.1. The monoisotopic (exact) mass is 586 g/mol. The highest BCUT2D eigenvalue weighted by Gasteiger charge is 2.53. The molecule has 0 aromatic rings. The van der Waals surface area contributed by atoms with Gasteiger partial charge in [-0.2, -0.15) is 8.42 Å². The molecule has 19 nitrogen and oxygen atoms in total. The first-order chi connectivity index (χ1) is 17.7. The zero-order chi connectivity index (χ0) is 28.9. The van der Waals surface area contributed by atoms with E-state index in [1.165, 1.54) is 0 Å². The molecule has 0 unspecified atom stereocenters. The van der Waals surface area contributed by atoms with E-state index in [0.717, 1.165) is 0 Å². The molecule has 2 rings (SSSR count). The highest BCUT2D eigenvalue weighted by atomic mass is 32.3. The number of hydrogen-bond acceptors (Lipinski definition) is 18. The minimum Gasteiger partial charge on any atom is -0.394 e. The van der Waals surface area contributed by atoms with E-state index in [0.29, 0.717) is 0 Å². The van der Waals surface area contributed by atoms with Gasteiger partial charge < -0.3 is 75.1 Å². The van der Waals surface area contributed by atoms with Crippen LogP contribution >= 0.6 is 0 Å². The van der Waals surface area contributed by atoms with Crippen molar-refractivity contribution in [3.05, 3.63) is 0 Å². The number of aliphatic hydroxyl groups is 11. The van der Waals surface area contributed by atoms with E-state index in [2.05, 4.69) is 4.18 Å². The maximum absolute atomic E-state index is 11.1. The summed E-state index contributed by atoms with van der Waals surface area (Å²) in [5, 5.41) is 109. The van der Waals surface area contributed by atoms with Gasteiger partial charge in [0.2, 0.25) is 0 Å². The van der Waals surface area contributed by atoms with Crippen LogP contribution in [0.25, 0.3) is 0 Å². The summed E-state index contributed by atoms with van der Waals surface area (Å²) in [5.74, 6) is 0. The van der Waals surface area contributed by atoms with E-state index in [4.69, 9.17) is 28.6 Å². The van der Waals surface area contributed by atoms with E-state index < -0.39 is 123 Å². The van der Waals surface area contributed by atoms with E-state index in [1.807, 2.05) is 0 Å². The van der Waals surface area contributed by atoms with Crippen molar-refractivity contribution >= 4 is 10.4 Å². The summed E-state index contributed by atoms with van der Waals surface area (Å²) < 4.78 is 56.5. The number of aliphatic hydroxyl groups excluding tert-OH is 11. The van der Waals surface area contributed by atoms with Gasteiger partial charge >= 0.3 is 10.4 Å². The zero-order valence-electron chi connectivity index (χ0n) is 19.5. The molecule has 2 heterocycles. The minimum absolute atomic E-state index is 0.957. The molecule has 2 saturated heterocycles. The molecule has 2 aliphatic rings. The van der Waals surface area contributed by atoms with Gasteiger partial charge in [0.1, 0.15) is 73.2 Å². The molecular weight excluding hydrogens is 552 g/mol. The largest absolute Gasteiger partial charge is 0.397 e. The molecule has 38 heavy (non-hydrogen) atoms. The van der Waals surface area contributed by atoms with Gasteiger partial charge in [-0.15, -0.1) is 0 Å². The molecule has 20 heteroatoms. The van der Waals surface area contributed by atoms with Crippen LogP contribution in [0.5, 0.6) is 0 Å². The lowest BCUT2D eigenvalue weighted by Crippen LogP contribution is -2.66. The molecule has 0 aliphatic carbocycles. The van der Waals surface area contributed by atoms with Gasteiger partial charge in [0.25, 0.3) is 0 Å². The maximum Gasteiger partial charge on any atom is 0.397 e. The lowest BCUT2D eigenvalue weighted by atomic mass is 9.96. The van der Waals surface area contributed by atoms with Crippen LogP contribution in [0.2, 0.25) is 0 Å². The van der Waals surface area contributed by atoms with Crippen molar-refractivity contribution in [2.24, 2.45) is 0 Å². The Balaban J connectivity index is 2.24. The highest BCUT2D eigenvalue weighted by Crippen LogP contribution is 2.31. The normalized spacial score (nSPS) is 39.9. The molecule has 0 bridgehead atoms. The van der Waals surface area contributed by atoms with Crippen molar-refractivity contribution < 1.29 is 92.3 Å². The standard InChI is InChI=1S/C18H34O19S/c19-1-5(23)9(25)14(6(24)2-20)35-17-12(28)11(27)15(8(4-22)34-17)36-18-13(29)16(37-38(30,31)32)10(26)7(3-21)33-18/h5-29H,1-4H2,(H,30,31,32)/t5-,6+,7+,8+,9+,10-,11+,12+,13+,14+,15-,16-,17-,18-/m0/s1. The average molecular weight is 587 g/mol. The van der Waals surface area contributed by atoms with Gasteiger partial charge in [-0.25, -0.2) is 4.18 Å². The summed E-state index contributed by atoms with van der Waals surface area (Å²) in [6, 6.07) is 0. The van der Waals surface area contributed by atoms with Crippen molar-refractivity contribution in [2.75, 3.05) is 26.4 Å². The molecule has 0 amide bonds. The van der Waals surface area contributed by atoms with Crippen molar-refractivity contribution in [2.45, 2.75) is 85.8 Å². The second-order valence-corrected chi connectivity index (χ2v) is 9.64. The first-order valence-corrected chi connectivity index (χ1v) is 12.5. The smallest absolute Gasteiger partial charge is 0.394 e. The Morgan fingerprint density at radius 1 is 0.711 bits per heavy atom. The summed E-state index contributed by atoms with van der Waals surface area (Å²) >= 11 is 0. The Kier molecular flexibility index (Phi) is 12.6. The van der Waals surface area contributed by atoms with Crippen LogP contribution in [-0.4, -0.2) is 181 Å². The van der Waals surface area contributed by atoms with Crippen LogP contribution in [0.15, 0.2) is 0 Å². The molecule has 12 N–H and O–H groups in total. The summed E-state index contributed by atoms with van der Waals surface area (Å²) in [7, 11) is -5.23. The number of ether oxygens (including phenoxy) is 4. The molecule has 2 aliphatic heterocycles. The molecule has 0 aromatic carbocycles. The quantitative estimate of drug-likeness (QED) is 0.0891. The fourth-order valence-corrected chi connectivity index (χ4v) is 4.40. The molecule has 0 aromatic heterocycles. The Hall–Kier alpha value is -0.730. The zero-order valence-corrected chi connectivity index (χ0v) is 20.4. The third-order valence-electron chi connectivity index (χ3n) is 5.94. The van der Waals surface area contributed by atoms with Crippen LogP contribution in [0.4, 0.5) is 0 Å². The van der Waals surface area contributed by atoms with E-state index in [9.17, 15) is 59.5 Å². The van der Waals surface area contributed by atoms with Crippen LogP contribution < -0.4 is 0 Å². The Morgan fingerprint density at radius 2 is 1.26 bits per heavy atom. The second kappa shape index (κ2) is 14.2. The predicted octanol–water partition coefficient (Wildman–Crippen LogP) is -8.11. The fraction of sp³-hybridized carbons (Fsp3) is 1.00. The Morgan fingerprint density at radius 3 is 1.76 bits per heavy atom. The van der Waals surface area contributed by atoms with Gasteiger partial charge in [0.05, 0.1) is 26.4 Å². The van der Waals surface area contributed by atoms with Crippen LogP contribution in [0.3, 0.4) is 0 Å². The first-order valence-electron chi connectivity index (χ1n) is 11.2. The van der Waals surface area contributed by atoms with Gasteiger partial charge in [-0.3, -0.25) is 4.55 Å². The second-order valence-electron chi connectivity index (χ2n) is 8.59. The molecule has 0 radical (unpaired) electrons. The summed E-state index contributed by atoms with van der Waals surface area (Å²) in [6.45, 7) is -3.92. The van der Waals surface area contributed by atoms with Crippen molar-refractivity contribution in [1.29, 1.82) is 0 Å². The lowest BCUT2D eigenvalue weighted by molar-refractivity contribution is -0.366. The molecule has 226 valence electrons. The molecule has 2 fully saturated rings. The minimum atomic E-state index is -5.23. The first kappa shape index (κ1) is 33.5. The topological polar surface area (TPSA) is 323 Å². The van der Waals surface area contributed by atoms with Crippen molar-refractivity contribution in [1.82, 2.24) is 0 Å². The molecule has 0 saturated carbocycles. The van der Waals surface area contributed by atoms with E-state index in [1.54, 1.807) is 0 Å². The lowest BCUT2D eigenvalue weighted by Gasteiger charge is -2.47.